The van der Waals surface area contributed by atoms with Gasteiger partial charge in [0.05, 0.1) is 0 Å². The quantitative estimate of drug-likeness (QED) is 0.746. The number of benzene rings is 1. The lowest BCUT2D eigenvalue weighted by molar-refractivity contribution is 0.741. The van der Waals surface area contributed by atoms with E-state index in [0.717, 1.165) is 6.42 Å². The second kappa shape index (κ2) is 3.46. The zero-order chi connectivity index (χ0) is 10.1. The maximum atomic E-state index is 5.80. The van der Waals surface area contributed by atoms with Crippen LogP contribution in [-0.4, -0.2) is 11.0 Å². The highest BCUT2D eigenvalue weighted by atomic mass is 14.7. The Labute approximate surface area is 84.1 Å². The SMILES string of the molecule is Cc1ccc2[nH]cc(C[C@@H](C)N)c2c1. The molecule has 0 spiro atoms. The Morgan fingerprint density at radius 2 is 2.21 bits per heavy atom. The molecule has 0 bridgehead atoms. The predicted molar refractivity (Wildman–Crippen MR) is 60.4 cm³/mol. The zero-order valence-corrected chi connectivity index (χ0v) is 8.67. The van der Waals surface area contributed by atoms with Crippen LogP contribution in [0.15, 0.2) is 24.4 Å². The maximum absolute atomic E-state index is 5.80. The number of aromatic nitrogens is 1. The number of rotatable bonds is 2. The smallest absolute Gasteiger partial charge is 0.0456 e. The van der Waals surface area contributed by atoms with E-state index >= 15 is 0 Å². The predicted octanol–water partition coefficient (Wildman–Crippen LogP) is 2.37. The van der Waals surface area contributed by atoms with Crippen molar-refractivity contribution in [2.24, 2.45) is 5.73 Å². The van der Waals surface area contributed by atoms with Crippen molar-refractivity contribution in [2.45, 2.75) is 26.3 Å². The summed E-state index contributed by atoms with van der Waals surface area (Å²) in [6, 6.07) is 6.67. The summed E-state index contributed by atoms with van der Waals surface area (Å²) in [6.07, 6.45) is 3.00. The fourth-order valence-corrected chi connectivity index (χ4v) is 1.81. The van der Waals surface area contributed by atoms with Crippen molar-refractivity contribution >= 4 is 10.9 Å². The van der Waals surface area contributed by atoms with Gasteiger partial charge in [-0.25, -0.2) is 0 Å². The monoisotopic (exact) mass is 188 g/mol. The van der Waals surface area contributed by atoms with Crippen LogP contribution in [0.4, 0.5) is 0 Å². The van der Waals surface area contributed by atoms with E-state index in [2.05, 4.69) is 36.3 Å². The first-order chi connectivity index (χ1) is 6.66. The van der Waals surface area contributed by atoms with E-state index in [1.54, 1.807) is 0 Å². The van der Waals surface area contributed by atoms with Gasteiger partial charge in [-0.15, -0.1) is 0 Å². The third-order valence-corrected chi connectivity index (χ3v) is 2.46. The van der Waals surface area contributed by atoms with Gasteiger partial charge in [-0.2, -0.15) is 0 Å². The molecule has 1 atom stereocenters. The molecule has 0 saturated heterocycles. The third-order valence-electron chi connectivity index (χ3n) is 2.46. The summed E-state index contributed by atoms with van der Waals surface area (Å²) in [4.78, 5) is 3.27. The normalized spacial score (nSPS) is 13.4. The zero-order valence-electron chi connectivity index (χ0n) is 8.67. The van der Waals surface area contributed by atoms with Crippen molar-refractivity contribution in [2.75, 3.05) is 0 Å². The van der Waals surface area contributed by atoms with Gasteiger partial charge in [0.25, 0.3) is 0 Å². The molecule has 0 saturated carbocycles. The van der Waals surface area contributed by atoms with Gasteiger partial charge in [0.1, 0.15) is 0 Å². The van der Waals surface area contributed by atoms with Crippen LogP contribution in [0.3, 0.4) is 0 Å². The highest BCUT2D eigenvalue weighted by Crippen LogP contribution is 2.20. The van der Waals surface area contributed by atoms with E-state index < -0.39 is 0 Å². The van der Waals surface area contributed by atoms with E-state index in [0.29, 0.717) is 0 Å². The number of hydrogen-bond acceptors (Lipinski definition) is 1. The minimum absolute atomic E-state index is 0.217. The van der Waals surface area contributed by atoms with E-state index in [1.807, 2.05) is 6.92 Å². The Kier molecular flexibility index (Phi) is 2.30. The Morgan fingerprint density at radius 1 is 1.43 bits per heavy atom. The Balaban J connectivity index is 2.50. The molecule has 2 rings (SSSR count). The number of nitrogens with two attached hydrogens (primary N) is 1. The van der Waals surface area contributed by atoms with Crippen LogP contribution >= 0.6 is 0 Å². The molecule has 0 radical (unpaired) electrons. The van der Waals surface area contributed by atoms with Crippen molar-refractivity contribution < 1.29 is 0 Å². The summed E-state index contributed by atoms with van der Waals surface area (Å²) < 4.78 is 0. The minimum Gasteiger partial charge on any atom is -0.361 e. The van der Waals surface area contributed by atoms with E-state index in [4.69, 9.17) is 5.73 Å². The summed E-state index contributed by atoms with van der Waals surface area (Å²) in [6.45, 7) is 4.15. The van der Waals surface area contributed by atoms with Crippen molar-refractivity contribution in [1.29, 1.82) is 0 Å². The Hall–Kier alpha value is -1.28. The first kappa shape index (κ1) is 9.28. The molecule has 2 heteroatoms. The van der Waals surface area contributed by atoms with Gasteiger partial charge in [-0.1, -0.05) is 11.6 Å². The summed E-state index contributed by atoms with van der Waals surface area (Å²) in [7, 11) is 0. The second-order valence-corrected chi connectivity index (χ2v) is 4.04. The maximum Gasteiger partial charge on any atom is 0.0456 e. The molecule has 0 aliphatic heterocycles. The van der Waals surface area contributed by atoms with Crippen LogP contribution in [0.1, 0.15) is 18.1 Å². The van der Waals surface area contributed by atoms with Crippen LogP contribution in [-0.2, 0) is 6.42 Å². The molecule has 1 aromatic carbocycles. The number of fused-ring (bicyclic) bond motifs is 1. The lowest BCUT2D eigenvalue weighted by atomic mass is 10.1. The van der Waals surface area contributed by atoms with Crippen LogP contribution < -0.4 is 5.73 Å². The van der Waals surface area contributed by atoms with Crippen molar-refractivity contribution in [3.8, 4) is 0 Å². The first-order valence-electron chi connectivity index (χ1n) is 4.99. The molecule has 14 heavy (non-hydrogen) atoms. The van der Waals surface area contributed by atoms with Crippen LogP contribution in [0.2, 0.25) is 0 Å². The highest BCUT2D eigenvalue weighted by Gasteiger charge is 2.05. The molecule has 74 valence electrons. The second-order valence-electron chi connectivity index (χ2n) is 4.04. The van der Waals surface area contributed by atoms with Gasteiger partial charge in [0.2, 0.25) is 0 Å². The number of nitrogens with one attached hydrogen (secondary N) is 1. The van der Waals surface area contributed by atoms with Crippen molar-refractivity contribution in [3.05, 3.63) is 35.5 Å². The average Bonchev–Trinajstić information content (AvgIpc) is 2.47. The van der Waals surface area contributed by atoms with Crippen LogP contribution in [0, 0.1) is 6.92 Å². The van der Waals surface area contributed by atoms with Gasteiger partial charge >= 0.3 is 0 Å². The Bertz CT molecular complexity index is 441. The van der Waals surface area contributed by atoms with Gasteiger partial charge < -0.3 is 10.7 Å². The molecule has 1 heterocycles. The fraction of sp³-hybridized carbons (Fsp3) is 0.333. The third kappa shape index (κ3) is 1.66. The number of aromatic amines is 1. The summed E-state index contributed by atoms with van der Waals surface area (Å²) >= 11 is 0. The molecule has 3 N–H and O–H groups in total. The molecule has 2 nitrogen and oxygen atoms in total. The summed E-state index contributed by atoms with van der Waals surface area (Å²) in [5, 5.41) is 1.31. The van der Waals surface area contributed by atoms with Crippen molar-refractivity contribution in [1.82, 2.24) is 4.98 Å². The lowest BCUT2D eigenvalue weighted by Gasteiger charge is -2.03. The topological polar surface area (TPSA) is 41.8 Å². The Morgan fingerprint density at radius 3 is 2.93 bits per heavy atom. The van der Waals surface area contributed by atoms with Gasteiger partial charge in [-0.3, -0.25) is 0 Å². The molecule has 0 amide bonds. The first-order valence-corrected chi connectivity index (χ1v) is 4.99. The van der Waals surface area contributed by atoms with Gasteiger partial charge in [0.15, 0.2) is 0 Å². The van der Waals surface area contributed by atoms with E-state index in [1.165, 1.54) is 22.0 Å². The number of H-pyrrole nitrogens is 1. The highest BCUT2D eigenvalue weighted by molar-refractivity contribution is 5.83. The summed E-state index contributed by atoms with van der Waals surface area (Å²) in [5.41, 5.74) is 9.61. The molecule has 1 aromatic heterocycles. The lowest BCUT2D eigenvalue weighted by Crippen LogP contribution is -2.17. The largest absolute Gasteiger partial charge is 0.361 e. The molecule has 0 aliphatic carbocycles. The van der Waals surface area contributed by atoms with E-state index in [-0.39, 0.29) is 6.04 Å². The minimum atomic E-state index is 0.217. The van der Waals surface area contributed by atoms with Gasteiger partial charge in [-0.05, 0) is 38.0 Å². The standard InChI is InChI=1S/C12H16N2/c1-8-3-4-12-11(5-8)10(7-14-12)6-9(2)13/h3-5,7,9,14H,6,13H2,1-2H3/t9-/m1/s1. The van der Waals surface area contributed by atoms with Gasteiger partial charge in [0, 0.05) is 23.1 Å². The van der Waals surface area contributed by atoms with Crippen LogP contribution in [0.25, 0.3) is 10.9 Å². The molecule has 0 aliphatic rings. The average molecular weight is 188 g/mol. The number of aryl methyl sites for hydroxylation is 1. The van der Waals surface area contributed by atoms with E-state index in [9.17, 15) is 0 Å². The molecular formula is C12H16N2. The number of hydrogen-bond donors (Lipinski definition) is 2. The van der Waals surface area contributed by atoms with Crippen LogP contribution in [0.5, 0.6) is 0 Å². The molecule has 0 fully saturated rings. The molecule has 2 aromatic rings. The summed E-state index contributed by atoms with van der Waals surface area (Å²) in [5.74, 6) is 0. The fourth-order valence-electron chi connectivity index (χ4n) is 1.81. The van der Waals surface area contributed by atoms with Crippen molar-refractivity contribution in [3.63, 3.8) is 0 Å². The molecular weight excluding hydrogens is 172 g/mol. The molecule has 0 unspecified atom stereocenters.